The Balaban J connectivity index is 2.38. The first kappa shape index (κ1) is 13.6. The van der Waals surface area contributed by atoms with Crippen LogP contribution in [0.1, 0.15) is 16.1 Å². The molecule has 1 heterocycles. The van der Waals surface area contributed by atoms with E-state index in [2.05, 4.69) is 0 Å². The van der Waals surface area contributed by atoms with Crippen molar-refractivity contribution in [3.63, 3.8) is 0 Å². The molecule has 0 aliphatic carbocycles. The van der Waals surface area contributed by atoms with Gasteiger partial charge in [-0.2, -0.15) is 0 Å². The van der Waals surface area contributed by atoms with Gasteiger partial charge in [0.25, 0.3) is 0 Å². The summed E-state index contributed by atoms with van der Waals surface area (Å²) in [5, 5.41) is 8.56. The molecule has 0 aliphatic heterocycles. The number of hydrogen-bond acceptors (Lipinski definition) is 4. The minimum atomic E-state index is -1.06. The highest BCUT2D eigenvalue weighted by molar-refractivity contribution is 5.96. The van der Waals surface area contributed by atoms with Crippen molar-refractivity contribution < 1.29 is 23.8 Å². The summed E-state index contributed by atoms with van der Waals surface area (Å²) in [4.78, 5) is 22.1. The first-order valence-corrected chi connectivity index (χ1v) is 5.80. The molecule has 20 heavy (non-hydrogen) atoms. The van der Waals surface area contributed by atoms with E-state index < -0.39 is 11.9 Å². The average Bonchev–Trinajstić information content (AvgIpc) is 2.93. The predicted molar refractivity (Wildman–Crippen MR) is 72.2 cm³/mol. The second-order valence-electron chi connectivity index (χ2n) is 3.91. The van der Waals surface area contributed by atoms with Gasteiger partial charge in [0.05, 0.1) is 12.7 Å². The number of methoxy groups -OCH3 is 1. The van der Waals surface area contributed by atoms with Gasteiger partial charge in [-0.15, -0.1) is 0 Å². The molecule has 0 amide bonds. The van der Waals surface area contributed by atoms with E-state index in [0.717, 1.165) is 6.08 Å². The van der Waals surface area contributed by atoms with E-state index >= 15 is 0 Å². The Morgan fingerprint density at radius 3 is 2.65 bits per heavy atom. The zero-order valence-electron chi connectivity index (χ0n) is 10.7. The van der Waals surface area contributed by atoms with Crippen molar-refractivity contribution in [2.75, 3.05) is 7.11 Å². The van der Waals surface area contributed by atoms with Gasteiger partial charge < -0.3 is 14.3 Å². The fourth-order valence-electron chi connectivity index (χ4n) is 1.73. The van der Waals surface area contributed by atoms with E-state index in [1.165, 1.54) is 13.2 Å². The molecule has 0 fully saturated rings. The Bertz CT molecular complexity index is 666. The van der Waals surface area contributed by atoms with Crippen molar-refractivity contribution in [2.24, 2.45) is 0 Å². The largest absolute Gasteiger partial charge is 0.478 e. The highest BCUT2D eigenvalue weighted by Crippen LogP contribution is 2.26. The molecule has 102 valence electrons. The van der Waals surface area contributed by atoms with Crippen LogP contribution in [0.2, 0.25) is 0 Å². The maximum absolute atomic E-state index is 11.7. The van der Waals surface area contributed by atoms with Crippen molar-refractivity contribution in [2.45, 2.75) is 0 Å². The fraction of sp³-hybridized carbons (Fsp3) is 0.0667. The maximum Gasteiger partial charge on any atom is 0.338 e. The molecule has 0 bridgehead atoms. The summed E-state index contributed by atoms with van der Waals surface area (Å²) in [6, 6.07) is 10.2. The maximum atomic E-state index is 11.7. The van der Waals surface area contributed by atoms with Gasteiger partial charge in [-0.25, -0.2) is 9.59 Å². The summed E-state index contributed by atoms with van der Waals surface area (Å²) >= 11 is 0. The molecule has 2 rings (SSSR count). The third-order valence-electron chi connectivity index (χ3n) is 2.61. The monoisotopic (exact) mass is 272 g/mol. The molecule has 1 aromatic carbocycles. The molecule has 5 heteroatoms. The van der Waals surface area contributed by atoms with Gasteiger partial charge in [0, 0.05) is 11.6 Å². The Kier molecular flexibility index (Phi) is 4.00. The smallest absolute Gasteiger partial charge is 0.338 e. The molecular formula is C15H12O5. The summed E-state index contributed by atoms with van der Waals surface area (Å²) in [5.41, 5.74) is 0.979. The summed E-state index contributed by atoms with van der Waals surface area (Å²) in [7, 11) is 1.31. The highest BCUT2D eigenvalue weighted by Gasteiger charge is 2.14. The van der Waals surface area contributed by atoms with Gasteiger partial charge >= 0.3 is 11.9 Å². The number of carbonyl (C=O) groups is 2. The number of benzene rings is 1. The number of carboxylic acids is 1. The van der Waals surface area contributed by atoms with E-state index in [-0.39, 0.29) is 0 Å². The zero-order chi connectivity index (χ0) is 14.5. The van der Waals surface area contributed by atoms with Crippen LogP contribution in [0.5, 0.6) is 0 Å². The van der Waals surface area contributed by atoms with Gasteiger partial charge in [-0.05, 0) is 24.3 Å². The summed E-state index contributed by atoms with van der Waals surface area (Å²) < 4.78 is 10.2. The van der Waals surface area contributed by atoms with Crippen LogP contribution < -0.4 is 0 Å². The average molecular weight is 272 g/mol. The molecule has 0 atom stereocenters. The number of aliphatic carboxylic acids is 1. The van der Waals surface area contributed by atoms with Crippen LogP contribution >= 0.6 is 0 Å². The molecule has 5 nitrogen and oxygen atoms in total. The van der Waals surface area contributed by atoms with Crippen molar-refractivity contribution in [1.29, 1.82) is 0 Å². The number of rotatable bonds is 4. The molecule has 0 aliphatic rings. The number of hydrogen-bond donors (Lipinski definition) is 1. The van der Waals surface area contributed by atoms with Gasteiger partial charge in [-0.3, -0.25) is 0 Å². The number of carboxylic acid groups (broad SMARTS) is 1. The molecular weight excluding hydrogens is 260 g/mol. The Hall–Kier alpha value is -2.82. The van der Waals surface area contributed by atoms with Crippen LogP contribution in [0.4, 0.5) is 0 Å². The normalized spacial score (nSPS) is 10.7. The Morgan fingerprint density at radius 2 is 1.95 bits per heavy atom. The van der Waals surface area contributed by atoms with Crippen molar-refractivity contribution >= 4 is 18.0 Å². The lowest BCUT2D eigenvalue weighted by molar-refractivity contribution is -0.131. The minimum absolute atomic E-state index is 0.387. The second kappa shape index (κ2) is 5.88. The molecule has 1 N–H and O–H groups in total. The number of esters is 1. The molecule has 2 aromatic rings. The van der Waals surface area contributed by atoms with E-state index in [9.17, 15) is 9.59 Å². The Labute approximate surface area is 115 Å². The van der Waals surface area contributed by atoms with E-state index in [4.69, 9.17) is 14.3 Å². The minimum Gasteiger partial charge on any atom is -0.478 e. The molecule has 0 saturated heterocycles. The molecule has 0 spiro atoms. The van der Waals surface area contributed by atoms with Gasteiger partial charge in [-0.1, -0.05) is 18.2 Å². The quantitative estimate of drug-likeness (QED) is 0.684. The van der Waals surface area contributed by atoms with Crippen LogP contribution in [0.3, 0.4) is 0 Å². The van der Waals surface area contributed by atoms with Crippen LogP contribution in [0.25, 0.3) is 17.4 Å². The standard InChI is InChI=1S/C15H12O5/c1-19-15(18)12-5-3-2-4-11(12)13-8-6-10(20-13)7-9-14(16)17/h2-9H,1H3,(H,16,17)/b9-7+. The number of ether oxygens (including phenoxy) is 1. The second-order valence-corrected chi connectivity index (χ2v) is 3.91. The van der Waals surface area contributed by atoms with E-state index in [1.807, 2.05) is 0 Å². The Morgan fingerprint density at radius 1 is 1.20 bits per heavy atom. The molecule has 1 aromatic heterocycles. The van der Waals surface area contributed by atoms with Crippen LogP contribution in [0, 0.1) is 0 Å². The topological polar surface area (TPSA) is 76.7 Å². The molecule has 0 saturated carbocycles. The first-order valence-electron chi connectivity index (χ1n) is 5.80. The lowest BCUT2D eigenvalue weighted by Gasteiger charge is -2.04. The summed E-state index contributed by atoms with van der Waals surface area (Å²) in [5.74, 6) is -0.657. The first-order chi connectivity index (χ1) is 9.61. The fourth-order valence-corrected chi connectivity index (χ4v) is 1.73. The third-order valence-corrected chi connectivity index (χ3v) is 2.61. The lowest BCUT2D eigenvalue weighted by atomic mass is 10.1. The van der Waals surface area contributed by atoms with Crippen LogP contribution in [0.15, 0.2) is 46.9 Å². The van der Waals surface area contributed by atoms with E-state index in [0.29, 0.717) is 22.6 Å². The van der Waals surface area contributed by atoms with Crippen LogP contribution in [-0.2, 0) is 9.53 Å². The number of carbonyl (C=O) groups excluding carboxylic acids is 1. The third kappa shape index (κ3) is 2.95. The zero-order valence-corrected chi connectivity index (χ0v) is 10.7. The van der Waals surface area contributed by atoms with Gasteiger partial charge in [0.15, 0.2) is 0 Å². The van der Waals surface area contributed by atoms with Crippen LogP contribution in [-0.4, -0.2) is 24.2 Å². The highest BCUT2D eigenvalue weighted by atomic mass is 16.5. The molecule has 0 unspecified atom stereocenters. The summed E-state index contributed by atoms with van der Waals surface area (Å²) in [6.45, 7) is 0. The predicted octanol–water partition coefficient (Wildman–Crippen LogP) is 2.83. The summed E-state index contributed by atoms with van der Waals surface area (Å²) in [6.07, 6.45) is 2.32. The van der Waals surface area contributed by atoms with E-state index in [1.54, 1.807) is 36.4 Å². The SMILES string of the molecule is COC(=O)c1ccccc1-c1ccc(/C=C/C(=O)O)o1. The van der Waals surface area contributed by atoms with Gasteiger partial charge in [0.2, 0.25) is 0 Å². The van der Waals surface area contributed by atoms with Crippen molar-refractivity contribution in [3.05, 3.63) is 53.8 Å². The van der Waals surface area contributed by atoms with Crippen molar-refractivity contribution in [3.8, 4) is 11.3 Å². The number of furan rings is 1. The van der Waals surface area contributed by atoms with Crippen molar-refractivity contribution in [1.82, 2.24) is 0 Å². The lowest BCUT2D eigenvalue weighted by Crippen LogP contribution is -2.02. The molecule has 0 radical (unpaired) electrons. The van der Waals surface area contributed by atoms with Gasteiger partial charge in [0.1, 0.15) is 11.5 Å².